The maximum Gasteiger partial charge on any atom is 0.266 e. The van der Waals surface area contributed by atoms with Crippen LogP contribution in [0.2, 0.25) is 0 Å². The van der Waals surface area contributed by atoms with E-state index >= 15 is 0 Å². The summed E-state index contributed by atoms with van der Waals surface area (Å²) in [6.07, 6.45) is 0.368. The number of hydrogen-bond acceptors (Lipinski definition) is 8. The van der Waals surface area contributed by atoms with Crippen molar-refractivity contribution >= 4 is 46.4 Å². The number of aliphatic hydroxyl groups is 1. The Kier molecular flexibility index (Phi) is 15.6. The standard InChI is InChI=1S/C28H35N3O6S.2ClH/c1-3-36-17-16-30-26-19-23(11-14-25(26)28(33)31-38(2,34)35)21-9-12-24(13-10-21)37-18-15-29-20-27(32)22-7-5-4-6-8-22;;/h4-14,19,27,29-30,32H,3,15-18,20H2,1-2H3,(H,31,33);2*1H/t27-;;/m1../s1. The fourth-order valence-corrected chi connectivity index (χ4v) is 4.16. The van der Waals surface area contributed by atoms with Crippen molar-refractivity contribution in [2.75, 3.05) is 51.0 Å². The van der Waals surface area contributed by atoms with Gasteiger partial charge in [0.1, 0.15) is 12.4 Å². The summed E-state index contributed by atoms with van der Waals surface area (Å²) in [5, 5.41) is 16.6. The Hall–Kier alpha value is -2.86. The lowest BCUT2D eigenvalue weighted by molar-refractivity contribution is 0.0982. The first kappa shape index (κ1) is 35.2. The van der Waals surface area contributed by atoms with E-state index in [1.807, 2.05) is 66.2 Å². The molecule has 4 N–H and O–H groups in total. The van der Waals surface area contributed by atoms with Crippen LogP contribution in [0.4, 0.5) is 5.69 Å². The van der Waals surface area contributed by atoms with Crippen molar-refractivity contribution in [1.82, 2.24) is 10.0 Å². The second-order valence-corrected chi connectivity index (χ2v) is 10.3. The molecule has 3 aromatic carbocycles. The topological polar surface area (TPSA) is 126 Å². The Morgan fingerprint density at radius 1 is 0.925 bits per heavy atom. The van der Waals surface area contributed by atoms with Gasteiger partial charge in [0.15, 0.2) is 0 Å². The lowest BCUT2D eigenvalue weighted by atomic mass is 10.0. The third kappa shape index (κ3) is 11.7. The highest BCUT2D eigenvalue weighted by Gasteiger charge is 2.16. The van der Waals surface area contributed by atoms with Crippen molar-refractivity contribution < 1.29 is 27.8 Å². The fraction of sp³-hybridized carbons (Fsp3) is 0.321. The molecule has 0 spiro atoms. The highest BCUT2D eigenvalue weighted by Crippen LogP contribution is 2.27. The van der Waals surface area contributed by atoms with Gasteiger partial charge in [-0.15, -0.1) is 24.8 Å². The van der Waals surface area contributed by atoms with E-state index in [0.29, 0.717) is 50.9 Å². The maximum absolute atomic E-state index is 12.5. The van der Waals surface area contributed by atoms with Gasteiger partial charge in [-0.3, -0.25) is 4.79 Å². The van der Waals surface area contributed by atoms with E-state index in [0.717, 1.165) is 22.9 Å². The Morgan fingerprint density at radius 3 is 2.25 bits per heavy atom. The first-order valence-corrected chi connectivity index (χ1v) is 14.3. The molecule has 40 heavy (non-hydrogen) atoms. The van der Waals surface area contributed by atoms with Gasteiger partial charge in [-0.1, -0.05) is 48.5 Å². The third-order valence-electron chi connectivity index (χ3n) is 5.57. The normalized spacial score (nSPS) is 11.5. The Labute approximate surface area is 248 Å². The van der Waals surface area contributed by atoms with Crippen molar-refractivity contribution in [2.45, 2.75) is 13.0 Å². The van der Waals surface area contributed by atoms with E-state index in [-0.39, 0.29) is 30.4 Å². The minimum Gasteiger partial charge on any atom is -0.492 e. The van der Waals surface area contributed by atoms with Gasteiger partial charge in [-0.05, 0) is 47.9 Å². The first-order valence-electron chi connectivity index (χ1n) is 12.4. The van der Waals surface area contributed by atoms with Crippen LogP contribution in [0.5, 0.6) is 5.75 Å². The monoisotopic (exact) mass is 613 g/mol. The average molecular weight is 615 g/mol. The van der Waals surface area contributed by atoms with Gasteiger partial charge in [0, 0.05) is 31.9 Å². The van der Waals surface area contributed by atoms with Crippen LogP contribution < -0.4 is 20.1 Å². The Morgan fingerprint density at radius 2 is 1.60 bits per heavy atom. The zero-order valence-electron chi connectivity index (χ0n) is 22.5. The predicted octanol–water partition coefficient (Wildman–Crippen LogP) is 4.04. The summed E-state index contributed by atoms with van der Waals surface area (Å²) < 4.78 is 36.3. The molecule has 0 saturated heterocycles. The van der Waals surface area contributed by atoms with Gasteiger partial charge in [0.25, 0.3) is 5.91 Å². The van der Waals surface area contributed by atoms with Crippen LogP contribution in [-0.2, 0) is 14.8 Å². The second kappa shape index (κ2) is 17.8. The molecule has 0 fully saturated rings. The van der Waals surface area contributed by atoms with E-state index in [2.05, 4.69) is 10.6 Å². The molecule has 220 valence electrons. The van der Waals surface area contributed by atoms with Crippen molar-refractivity contribution in [3.8, 4) is 16.9 Å². The van der Waals surface area contributed by atoms with Crippen molar-refractivity contribution in [3.05, 3.63) is 83.9 Å². The van der Waals surface area contributed by atoms with E-state index in [4.69, 9.17) is 9.47 Å². The van der Waals surface area contributed by atoms with Crippen LogP contribution in [0.3, 0.4) is 0 Å². The number of aliphatic hydroxyl groups excluding tert-OH is 1. The van der Waals surface area contributed by atoms with Gasteiger partial charge in [-0.25, -0.2) is 13.1 Å². The van der Waals surface area contributed by atoms with Crippen LogP contribution in [0.15, 0.2) is 72.8 Å². The number of benzene rings is 3. The highest BCUT2D eigenvalue weighted by atomic mass is 35.5. The smallest absolute Gasteiger partial charge is 0.266 e. The van der Waals surface area contributed by atoms with E-state index in [1.165, 1.54) is 0 Å². The lowest BCUT2D eigenvalue weighted by Gasteiger charge is -2.14. The number of ether oxygens (including phenoxy) is 2. The molecule has 0 aliphatic heterocycles. The van der Waals surface area contributed by atoms with Crippen molar-refractivity contribution in [2.24, 2.45) is 0 Å². The molecule has 3 rings (SSSR count). The lowest BCUT2D eigenvalue weighted by Crippen LogP contribution is -2.30. The molecule has 1 amide bonds. The van der Waals surface area contributed by atoms with E-state index in [1.54, 1.807) is 18.2 Å². The molecule has 0 heterocycles. The molecule has 0 bridgehead atoms. The van der Waals surface area contributed by atoms with E-state index in [9.17, 15) is 18.3 Å². The second-order valence-electron chi connectivity index (χ2n) is 8.59. The summed E-state index contributed by atoms with van der Waals surface area (Å²) in [4.78, 5) is 12.5. The number of amides is 1. The van der Waals surface area contributed by atoms with Crippen LogP contribution in [0, 0.1) is 0 Å². The molecular weight excluding hydrogens is 577 g/mol. The molecule has 3 aromatic rings. The number of nitrogens with one attached hydrogen (secondary N) is 3. The van der Waals surface area contributed by atoms with Gasteiger partial charge in [0.2, 0.25) is 10.0 Å². The number of halogens is 2. The van der Waals surface area contributed by atoms with Crippen LogP contribution >= 0.6 is 24.8 Å². The quantitative estimate of drug-likeness (QED) is 0.189. The highest BCUT2D eigenvalue weighted by molar-refractivity contribution is 7.89. The molecule has 0 saturated carbocycles. The molecule has 0 aliphatic rings. The van der Waals surface area contributed by atoms with Crippen LogP contribution in [0.25, 0.3) is 11.1 Å². The van der Waals surface area contributed by atoms with Gasteiger partial charge < -0.3 is 25.2 Å². The summed E-state index contributed by atoms with van der Waals surface area (Å²) >= 11 is 0. The largest absolute Gasteiger partial charge is 0.492 e. The minimum atomic E-state index is -3.70. The summed E-state index contributed by atoms with van der Waals surface area (Å²) in [5.41, 5.74) is 3.36. The molecule has 0 unspecified atom stereocenters. The number of anilines is 1. The number of hydrogen-bond donors (Lipinski definition) is 4. The Balaban J connectivity index is 0.00000400. The van der Waals surface area contributed by atoms with Gasteiger partial charge in [0.05, 0.1) is 24.5 Å². The molecule has 12 heteroatoms. The Bertz CT molecular complexity index is 1280. The number of sulfonamides is 1. The summed E-state index contributed by atoms with van der Waals surface area (Å²) in [5.74, 6) is 0.00461. The number of carbonyl (C=O) groups is 1. The molecule has 9 nitrogen and oxygen atoms in total. The molecule has 0 aliphatic carbocycles. The average Bonchev–Trinajstić information content (AvgIpc) is 2.90. The van der Waals surface area contributed by atoms with Gasteiger partial charge in [-0.2, -0.15) is 0 Å². The van der Waals surface area contributed by atoms with E-state index < -0.39 is 22.0 Å². The van der Waals surface area contributed by atoms with Crippen molar-refractivity contribution in [1.29, 1.82) is 0 Å². The van der Waals surface area contributed by atoms with Crippen LogP contribution in [-0.4, -0.2) is 65.1 Å². The zero-order chi connectivity index (χ0) is 27.4. The van der Waals surface area contributed by atoms with Gasteiger partial charge >= 0.3 is 0 Å². The number of rotatable bonds is 15. The third-order valence-corrected chi connectivity index (χ3v) is 6.12. The molecule has 0 radical (unpaired) electrons. The van der Waals surface area contributed by atoms with Crippen molar-refractivity contribution in [3.63, 3.8) is 0 Å². The molecule has 0 aromatic heterocycles. The predicted molar refractivity (Wildman–Crippen MR) is 163 cm³/mol. The number of carbonyl (C=O) groups excluding carboxylic acids is 1. The SMILES string of the molecule is CCOCCNc1cc(-c2ccc(OCCNC[C@@H](O)c3ccccc3)cc2)ccc1C(=O)NS(C)(=O)=O.Cl.Cl. The minimum absolute atomic E-state index is 0. The first-order chi connectivity index (χ1) is 18.3. The molecule has 1 atom stereocenters. The summed E-state index contributed by atoms with van der Waals surface area (Å²) in [6.45, 7) is 4.83. The zero-order valence-corrected chi connectivity index (χ0v) is 24.9. The molecular formula is C28H37Cl2N3O6S. The summed E-state index contributed by atoms with van der Waals surface area (Å²) in [6, 6.07) is 22.2. The summed E-state index contributed by atoms with van der Waals surface area (Å²) in [7, 11) is -3.70. The fourth-order valence-electron chi connectivity index (χ4n) is 3.71. The maximum atomic E-state index is 12.5. The van der Waals surface area contributed by atoms with Crippen LogP contribution in [0.1, 0.15) is 28.9 Å².